The zero-order valence-corrected chi connectivity index (χ0v) is 10.1. The summed E-state index contributed by atoms with van der Waals surface area (Å²) in [5, 5.41) is 0. The van der Waals surface area contributed by atoms with Crippen LogP contribution in [0.4, 0.5) is 0 Å². The van der Waals surface area contributed by atoms with Gasteiger partial charge in [0.2, 0.25) is 0 Å². The molecule has 3 aromatic rings. The zero-order chi connectivity index (χ0) is 13.1. The highest BCUT2D eigenvalue weighted by Crippen LogP contribution is 2.23. The van der Waals surface area contributed by atoms with Gasteiger partial charge in [-0.2, -0.15) is 0 Å². The Bertz CT molecular complexity index is 673. The van der Waals surface area contributed by atoms with Crippen LogP contribution in [-0.4, -0.2) is 4.98 Å². The van der Waals surface area contributed by atoms with Crippen LogP contribution >= 0.6 is 0 Å². The summed E-state index contributed by atoms with van der Waals surface area (Å²) in [5.41, 5.74) is 2.31. The fourth-order valence-electron chi connectivity index (χ4n) is 1.93. The molecule has 1 aromatic carbocycles. The van der Waals surface area contributed by atoms with Crippen molar-refractivity contribution in [2.45, 2.75) is 0 Å². The molecule has 0 amide bonds. The molecule has 3 nitrogen and oxygen atoms in total. The average molecular weight is 249 g/mol. The fourth-order valence-corrected chi connectivity index (χ4v) is 1.93. The van der Waals surface area contributed by atoms with Crippen molar-refractivity contribution in [3.8, 4) is 22.5 Å². The van der Waals surface area contributed by atoms with E-state index in [1.54, 1.807) is 12.4 Å². The van der Waals surface area contributed by atoms with Crippen LogP contribution in [0.5, 0.6) is 0 Å². The van der Waals surface area contributed by atoms with Crippen molar-refractivity contribution in [2.24, 2.45) is 0 Å². The first-order chi connectivity index (χ1) is 9.33. The topological polar surface area (TPSA) is 43.1 Å². The Morgan fingerprint density at radius 2 is 1.53 bits per heavy atom. The largest absolute Gasteiger partial charge is 0.423 e. The lowest BCUT2D eigenvalue weighted by atomic mass is 10.1. The number of aromatic nitrogens is 1. The van der Waals surface area contributed by atoms with Crippen molar-refractivity contribution in [3.05, 3.63) is 77.4 Å². The number of pyridine rings is 1. The second-order valence-electron chi connectivity index (χ2n) is 4.13. The quantitative estimate of drug-likeness (QED) is 0.699. The smallest absolute Gasteiger partial charge is 0.336 e. The third kappa shape index (κ3) is 2.45. The molecule has 19 heavy (non-hydrogen) atoms. The van der Waals surface area contributed by atoms with Crippen molar-refractivity contribution in [1.29, 1.82) is 0 Å². The summed E-state index contributed by atoms with van der Waals surface area (Å²) >= 11 is 0. The van der Waals surface area contributed by atoms with Gasteiger partial charge in [-0.25, -0.2) is 4.79 Å². The molecule has 0 fully saturated rings. The highest BCUT2D eigenvalue weighted by Gasteiger charge is 2.05. The van der Waals surface area contributed by atoms with Gasteiger partial charge in [-0.15, -0.1) is 0 Å². The minimum Gasteiger partial charge on any atom is -0.423 e. The Hall–Kier alpha value is -2.68. The summed E-state index contributed by atoms with van der Waals surface area (Å²) in [6.07, 6.45) is 3.40. The van der Waals surface area contributed by atoms with Crippen LogP contribution in [0.1, 0.15) is 0 Å². The molecule has 0 atom stereocenters. The van der Waals surface area contributed by atoms with E-state index in [0.29, 0.717) is 5.76 Å². The van der Waals surface area contributed by atoms with Crippen LogP contribution in [-0.2, 0) is 0 Å². The standard InChI is InChI=1S/C16H11NO2/c18-16-11-14(12-6-8-17-9-7-12)10-15(19-16)13-4-2-1-3-5-13/h1-11H. The van der Waals surface area contributed by atoms with Crippen LogP contribution in [0, 0.1) is 0 Å². The van der Waals surface area contributed by atoms with E-state index in [1.165, 1.54) is 6.07 Å². The van der Waals surface area contributed by atoms with Crippen molar-refractivity contribution in [1.82, 2.24) is 4.98 Å². The van der Waals surface area contributed by atoms with Gasteiger partial charge in [0.15, 0.2) is 0 Å². The maximum absolute atomic E-state index is 11.7. The first-order valence-corrected chi connectivity index (χ1v) is 5.94. The summed E-state index contributed by atoms with van der Waals surface area (Å²) in [6.45, 7) is 0. The van der Waals surface area contributed by atoms with Crippen molar-refractivity contribution >= 4 is 0 Å². The number of nitrogens with zero attached hydrogens (tertiary/aromatic N) is 1. The Kier molecular flexibility index (Phi) is 2.94. The first-order valence-electron chi connectivity index (χ1n) is 5.94. The fraction of sp³-hybridized carbons (Fsp3) is 0. The molecule has 0 spiro atoms. The predicted octanol–water partition coefficient (Wildman–Crippen LogP) is 3.37. The molecule has 0 aliphatic rings. The van der Waals surface area contributed by atoms with Gasteiger partial charge in [-0.3, -0.25) is 4.98 Å². The summed E-state index contributed by atoms with van der Waals surface area (Å²) in [5.74, 6) is 0.569. The van der Waals surface area contributed by atoms with E-state index in [4.69, 9.17) is 4.42 Å². The molecule has 0 N–H and O–H groups in total. The maximum Gasteiger partial charge on any atom is 0.336 e. The Balaban J connectivity index is 2.15. The molecule has 2 aromatic heterocycles. The number of benzene rings is 1. The lowest BCUT2D eigenvalue weighted by Gasteiger charge is -2.04. The summed E-state index contributed by atoms with van der Waals surface area (Å²) in [7, 11) is 0. The molecule has 3 rings (SSSR count). The van der Waals surface area contributed by atoms with E-state index in [0.717, 1.165) is 16.7 Å². The van der Waals surface area contributed by atoms with Crippen LogP contribution in [0.3, 0.4) is 0 Å². The molecule has 0 radical (unpaired) electrons. The summed E-state index contributed by atoms with van der Waals surface area (Å²) in [6, 6.07) is 16.7. The van der Waals surface area contributed by atoms with Gasteiger partial charge < -0.3 is 4.42 Å². The van der Waals surface area contributed by atoms with Crippen LogP contribution in [0.15, 0.2) is 76.2 Å². The molecular formula is C16H11NO2. The molecular weight excluding hydrogens is 238 g/mol. The highest BCUT2D eigenvalue weighted by atomic mass is 16.4. The van der Waals surface area contributed by atoms with Crippen LogP contribution in [0.25, 0.3) is 22.5 Å². The Morgan fingerprint density at radius 3 is 2.26 bits per heavy atom. The second kappa shape index (κ2) is 4.90. The van der Waals surface area contributed by atoms with E-state index < -0.39 is 0 Å². The van der Waals surface area contributed by atoms with E-state index in [9.17, 15) is 4.79 Å². The lowest BCUT2D eigenvalue weighted by Crippen LogP contribution is -1.98. The van der Waals surface area contributed by atoms with Gasteiger partial charge in [0.05, 0.1) is 0 Å². The molecule has 3 heteroatoms. The monoisotopic (exact) mass is 249 g/mol. The first kappa shape index (κ1) is 11.4. The minimum absolute atomic E-state index is 0.354. The number of hydrogen-bond donors (Lipinski definition) is 0. The predicted molar refractivity (Wildman–Crippen MR) is 73.6 cm³/mol. The van der Waals surface area contributed by atoms with Crippen molar-refractivity contribution in [3.63, 3.8) is 0 Å². The minimum atomic E-state index is -0.354. The molecule has 0 unspecified atom stereocenters. The number of hydrogen-bond acceptors (Lipinski definition) is 3. The summed E-state index contributed by atoms with van der Waals surface area (Å²) < 4.78 is 5.25. The molecule has 92 valence electrons. The molecule has 0 saturated heterocycles. The van der Waals surface area contributed by atoms with E-state index in [2.05, 4.69) is 4.98 Å². The maximum atomic E-state index is 11.7. The van der Waals surface area contributed by atoms with E-state index >= 15 is 0 Å². The average Bonchev–Trinajstić information content (AvgIpc) is 2.48. The molecule has 0 bridgehead atoms. The Morgan fingerprint density at radius 1 is 0.789 bits per heavy atom. The van der Waals surface area contributed by atoms with Crippen molar-refractivity contribution < 1.29 is 4.42 Å². The van der Waals surface area contributed by atoms with Crippen LogP contribution in [0.2, 0.25) is 0 Å². The summed E-state index contributed by atoms with van der Waals surface area (Å²) in [4.78, 5) is 15.6. The molecule has 2 heterocycles. The van der Waals surface area contributed by atoms with Crippen LogP contribution < -0.4 is 5.63 Å². The van der Waals surface area contributed by atoms with Gasteiger partial charge >= 0.3 is 5.63 Å². The Labute approximate surface area is 110 Å². The molecule has 0 saturated carbocycles. The van der Waals surface area contributed by atoms with E-state index in [1.807, 2.05) is 48.5 Å². The zero-order valence-electron chi connectivity index (χ0n) is 10.1. The number of rotatable bonds is 2. The van der Waals surface area contributed by atoms with Gasteiger partial charge in [0.25, 0.3) is 0 Å². The van der Waals surface area contributed by atoms with Gasteiger partial charge in [0.1, 0.15) is 5.76 Å². The molecule has 0 aliphatic heterocycles. The van der Waals surface area contributed by atoms with Gasteiger partial charge in [-0.1, -0.05) is 30.3 Å². The van der Waals surface area contributed by atoms with Gasteiger partial charge in [-0.05, 0) is 29.3 Å². The second-order valence-corrected chi connectivity index (χ2v) is 4.13. The highest BCUT2D eigenvalue weighted by molar-refractivity contribution is 5.68. The SMILES string of the molecule is O=c1cc(-c2ccncc2)cc(-c2ccccc2)o1. The normalized spacial score (nSPS) is 10.3. The third-order valence-corrected chi connectivity index (χ3v) is 2.84. The lowest BCUT2D eigenvalue weighted by molar-refractivity contribution is 0.526. The molecule has 0 aliphatic carbocycles. The van der Waals surface area contributed by atoms with E-state index in [-0.39, 0.29) is 5.63 Å². The van der Waals surface area contributed by atoms with Crippen molar-refractivity contribution in [2.75, 3.05) is 0 Å². The van der Waals surface area contributed by atoms with Gasteiger partial charge in [0, 0.05) is 24.0 Å². The third-order valence-electron chi connectivity index (χ3n) is 2.84.